The summed E-state index contributed by atoms with van der Waals surface area (Å²) in [4.78, 5) is 0. The van der Waals surface area contributed by atoms with Gasteiger partial charge in [-0.05, 0) is 47.0 Å². The smallest absolute Gasteiger partial charge is 0.161 e. The van der Waals surface area contributed by atoms with Crippen LogP contribution in [0.4, 0.5) is 0 Å². The van der Waals surface area contributed by atoms with Crippen LogP contribution in [0.25, 0.3) is 0 Å². The summed E-state index contributed by atoms with van der Waals surface area (Å²) in [5, 5.41) is 0. The topological polar surface area (TPSA) is 18.5 Å². The lowest BCUT2D eigenvalue weighted by Crippen LogP contribution is -2.23. The SMILES string of the molecule is CC/C=C\C/C=C\C/C=C\CC(OC(C)C)OC(C)C. The largest absolute Gasteiger partial charge is 0.350 e. The van der Waals surface area contributed by atoms with E-state index in [9.17, 15) is 0 Å². The average Bonchev–Trinajstić information content (AvgIpc) is 2.35. The molecule has 0 aliphatic rings. The maximum atomic E-state index is 5.73. The van der Waals surface area contributed by atoms with E-state index >= 15 is 0 Å². The van der Waals surface area contributed by atoms with Crippen LogP contribution in [0.2, 0.25) is 0 Å². The van der Waals surface area contributed by atoms with Crippen molar-refractivity contribution in [1.82, 2.24) is 0 Å². The fourth-order valence-electron chi connectivity index (χ4n) is 1.67. The summed E-state index contributed by atoms with van der Waals surface area (Å²) in [6, 6.07) is 0. The first-order chi connectivity index (χ1) is 9.56. The summed E-state index contributed by atoms with van der Waals surface area (Å²) in [5.41, 5.74) is 0. The van der Waals surface area contributed by atoms with Gasteiger partial charge in [0.1, 0.15) is 0 Å². The number of allylic oxidation sites excluding steroid dienone is 5. The molecule has 0 saturated carbocycles. The molecule has 0 amide bonds. The zero-order chi connectivity index (χ0) is 15.2. The van der Waals surface area contributed by atoms with Crippen molar-refractivity contribution in [2.75, 3.05) is 0 Å². The van der Waals surface area contributed by atoms with E-state index in [1.54, 1.807) is 0 Å². The minimum atomic E-state index is -0.136. The number of hydrogen-bond donors (Lipinski definition) is 0. The van der Waals surface area contributed by atoms with Gasteiger partial charge < -0.3 is 9.47 Å². The maximum Gasteiger partial charge on any atom is 0.161 e. The quantitative estimate of drug-likeness (QED) is 0.372. The van der Waals surface area contributed by atoms with Crippen LogP contribution in [0.5, 0.6) is 0 Å². The molecule has 0 aromatic rings. The molecule has 2 nitrogen and oxygen atoms in total. The van der Waals surface area contributed by atoms with Gasteiger partial charge in [0, 0.05) is 6.42 Å². The predicted octanol–water partition coefficient (Wildman–Crippen LogP) is 5.41. The van der Waals surface area contributed by atoms with Crippen molar-refractivity contribution < 1.29 is 9.47 Å². The molecule has 116 valence electrons. The molecule has 0 heterocycles. The van der Waals surface area contributed by atoms with Gasteiger partial charge in [0.2, 0.25) is 0 Å². The molecular weight excluding hydrogens is 248 g/mol. The summed E-state index contributed by atoms with van der Waals surface area (Å²) >= 11 is 0. The Hall–Kier alpha value is -0.860. The molecule has 0 aromatic heterocycles. The van der Waals surface area contributed by atoms with Gasteiger partial charge in [-0.1, -0.05) is 43.4 Å². The van der Waals surface area contributed by atoms with Crippen LogP contribution in [0, 0.1) is 0 Å². The zero-order valence-corrected chi connectivity index (χ0v) is 13.8. The molecule has 0 spiro atoms. The van der Waals surface area contributed by atoms with Gasteiger partial charge in [-0.2, -0.15) is 0 Å². The summed E-state index contributed by atoms with van der Waals surface area (Å²) in [7, 11) is 0. The Bertz CT molecular complexity index is 278. The van der Waals surface area contributed by atoms with E-state index in [1.807, 2.05) is 27.7 Å². The van der Waals surface area contributed by atoms with Crippen LogP contribution in [0.15, 0.2) is 36.5 Å². The molecule has 0 atom stereocenters. The lowest BCUT2D eigenvalue weighted by atomic mass is 10.2. The average molecular weight is 280 g/mol. The van der Waals surface area contributed by atoms with Crippen molar-refractivity contribution in [3.05, 3.63) is 36.5 Å². The minimum Gasteiger partial charge on any atom is -0.350 e. The van der Waals surface area contributed by atoms with Crippen molar-refractivity contribution in [3.63, 3.8) is 0 Å². The lowest BCUT2D eigenvalue weighted by Gasteiger charge is -2.21. The van der Waals surface area contributed by atoms with Crippen molar-refractivity contribution in [2.24, 2.45) is 0 Å². The van der Waals surface area contributed by atoms with E-state index in [1.165, 1.54) is 0 Å². The Morgan fingerprint density at radius 1 is 0.700 bits per heavy atom. The fourth-order valence-corrected chi connectivity index (χ4v) is 1.67. The van der Waals surface area contributed by atoms with Gasteiger partial charge in [0.25, 0.3) is 0 Å². The van der Waals surface area contributed by atoms with Crippen molar-refractivity contribution in [1.29, 1.82) is 0 Å². The molecule has 0 fully saturated rings. The molecule has 0 aliphatic carbocycles. The van der Waals surface area contributed by atoms with E-state index in [4.69, 9.17) is 9.47 Å². The molecule has 0 N–H and O–H groups in total. The highest BCUT2D eigenvalue weighted by Gasteiger charge is 2.11. The molecule has 2 heteroatoms. The highest BCUT2D eigenvalue weighted by Crippen LogP contribution is 2.09. The zero-order valence-electron chi connectivity index (χ0n) is 13.8. The molecule has 0 rings (SSSR count). The highest BCUT2D eigenvalue weighted by molar-refractivity contribution is 4.97. The van der Waals surface area contributed by atoms with E-state index in [0.29, 0.717) is 0 Å². The molecule has 20 heavy (non-hydrogen) atoms. The summed E-state index contributed by atoms with van der Waals surface area (Å²) in [6.07, 6.45) is 17.2. The second kappa shape index (κ2) is 13.1. The molecule has 0 unspecified atom stereocenters. The van der Waals surface area contributed by atoms with Gasteiger partial charge in [-0.25, -0.2) is 0 Å². The van der Waals surface area contributed by atoms with Crippen LogP contribution in [0.3, 0.4) is 0 Å². The molecule has 0 aliphatic heterocycles. The molecule has 0 radical (unpaired) electrons. The fraction of sp³-hybridized carbons (Fsp3) is 0.667. The standard InChI is InChI=1S/C18H32O2/c1-6-7-8-9-10-11-12-13-14-15-18(19-16(2)3)20-17(4)5/h7-8,10-11,13-14,16-18H,6,9,12,15H2,1-5H3/b8-7-,11-10-,14-13-. The second-order valence-corrected chi connectivity index (χ2v) is 5.33. The van der Waals surface area contributed by atoms with E-state index in [2.05, 4.69) is 43.4 Å². The predicted molar refractivity (Wildman–Crippen MR) is 87.8 cm³/mol. The first-order valence-corrected chi connectivity index (χ1v) is 7.82. The molecule has 0 saturated heterocycles. The highest BCUT2D eigenvalue weighted by atomic mass is 16.7. The third-order valence-corrected chi connectivity index (χ3v) is 2.46. The van der Waals surface area contributed by atoms with Crippen LogP contribution in [-0.2, 0) is 9.47 Å². The first kappa shape index (κ1) is 19.1. The summed E-state index contributed by atoms with van der Waals surface area (Å²) in [6.45, 7) is 10.3. The first-order valence-electron chi connectivity index (χ1n) is 7.82. The van der Waals surface area contributed by atoms with Crippen molar-refractivity contribution in [2.45, 2.75) is 78.8 Å². The van der Waals surface area contributed by atoms with Gasteiger partial charge in [0.05, 0.1) is 12.2 Å². The summed E-state index contributed by atoms with van der Waals surface area (Å²) in [5.74, 6) is 0. The van der Waals surface area contributed by atoms with E-state index < -0.39 is 0 Å². The Kier molecular flexibility index (Phi) is 12.6. The Morgan fingerprint density at radius 3 is 1.60 bits per heavy atom. The van der Waals surface area contributed by atoms with Crippen LogP contribution < -0.4 is 0 Å². The number of ether oxygens (including phenoxy) is 2. The van der Waals surface area contributed by atoms with Crippen molar-refractivity contribution >= 4 is 0 Å². The third kappa shape index (κ3) is 13.6. The maximum absolute atomic E-state index is 5.73. The Morgan fingerprint density at radius 2 is 1.15 bits per heavy atom. The normalized spacial score (nSPS) is 13.2. The van der Waals surface area contributed by atoms with E-state index in [-0.39, 0.29) is 18.5 Å². The van der Waals surface area contributed by atoms with Crippen LogP contribution in [-0.4, -0.2) is 18.5 Å². The Labute approximate surface area is 125 Å². The molecule has 0 bridgehead atoms. The monoisotopic (exact) mass is 280 g/mol. The third-order valence-electron chi connectivity index (χ3n) is 2.46. The van der Waals surface area contributed by atoms with Gasteiger partial charge in [-0.15, -0.1) is 0 Å². The van der Waals surface area contributed by atoms with Gasteiger partial charge in [-0.3, -0.25) is 0 Å². The lowest BCUT2D eigenvalue weighted by molar-refractivity contribution is -0.178. The summed E-state index contributed by atoms with van der Waals surface area (Å²) < 4.78 is 11.5. The van der Waals surface area contributed by atoms with Crippen LogP contribution in [0.1, 0.15) is 60.3 Å². The van der Waals surface area contributed by atoms with E-state index in [0.717, 1.165) is 25.7 Å². The molecular formula is C18H32O2. The van der Waals surface area contributed by atoms with Gasteiger partial charge >= 0.3 is 0 Å². The van der Waals surface area contributed by atoms with Crippen molar-refractivity contribution in [3.8, 4) is 0 Å². The van der Waals surface area contributed by atoms with Gasteiger partial charge in [0.15, 0.2) is 6.29 Å². The number of rotatable bonds is 11. The van der Waals surface area contributed by atoms with Crippen LogP contribution >= 0.6 is 0 Å². The second-order valence-electron chi connectivity index (χ2n) is 5.33. The number of hydrogen-bond acceptors (Lipinski definition) is 2. The minimum absolute atomic E-state index is 0.136. The molecule has 0 aromatic carbocycles. The Balaban J connectivity index is 3.89.